The van der Waals surface area contributed by atoms with Crippen molar-refractivity contribution in [3.05, 3.63) is 82.6 Å². The first kappa shape index (κ1) is 13.4. The number of esters is 1. The molecule has 0 amide bonds. The van der Waals surface area contributed by atoms with Gasteiger partial charge in [0.25, 0.3) is 0 Å². The fourth-order valence-electron chi connectivity index (χ4n) is 2.97. The zero-order valence-electron chi connectivity index (χ0n) is 11.9. The van der Waals surface area contributed by atoms with Crippen LogP contribution < -0.4 is 5.73 Å². The molecule has 1 aliphatic rings. The summed E-state index contributed by atoms with van der Waals surface area (Å²) >= 11 is 0. The molecule has 2 aromatic carbocycles. The molecular weight excluding hydrogens is 262 g/mol. The van der Waals surface area contributed by atoms with Gasteiger partial charge in [0.1, 0.15) is 0 Å². The Labute approximate surface area is 124 Å². The van der Waals surface area contributed by atoms with Crippen LogP contribution in [0.4, 0.5) is 0 Å². The van der Waals surface area contributed by atoms with E-state index in [4.69, 9.17) is 10.5 Å². The highest BCUT2D eigenvalue weighted by Gasteiger charge is 2.32. The Hall–Kier alpha value is -2.55. The Kier molecular flexibility index (Phi) is 3.48. The molecule has 0 saturated heterocycles. The first-order valence-electron chi connectivity index (χ1n) is 6.92. The Morgan fingerprint density at radius 1 is 1.10 bits per heavy atom. The number of benzene rings is 2. The van der Waals surface area contributed by atoms with Crippen LogP contribution >= 0.6 is 0 Å². The summed E-state index contributed by atoms with van der Waals surface area (Å²) in [7, 11) is 1.39. The van der Waals surface area contributed by atoms with Crippen molar-refractivity contribution in [1.82, 2.24) is 0 Å². The highest BCUT2D eigenvalue weighted by molar-refractivity contribution is 5.92. The van der Waals surface area contributed by atoms with Gasteiger partial charge in [-0.1, -0.05) is 54.6 Å². The molecule has 0 radical (unpaired) electrons. The summed E-state index contributed by atoms with van der Waals surface area (Å²) in [5.74, 6) is -0.514. The smallest absolute Gasteiger partial charge is 0.336 e. The molecule has 0 aromatic heterocycles. The second kappa shape index (κ2) is 5.44. The summed E-state index contributed by atoms with van der Waals surface area (Å²) in [6.45, 7) is 0. The molecule has 3 nitrogen and oxygen atoms in total. The predicted octanol–water partition coefficient (Wildman–Crippen LogP) is 2.76. The average Bonchev–Trinajstić information content (AvgIpc) is 2.53. The van der Waals surface area contributed by atoms with Gasteiger partial charge in [0, 0.05) is 18.0 Å². The van der Waals surface area contributed by atoms with E-state index in [1.54, 1.807) is 0 Å². The number of methoxy groups -OCH3 is 1. The van der Waals surface area contributed by atoms with Crippen LogP contribution in [0.3, 0.4) is 0 Å². The fourth-order valence-corrected chi connectivity index (χ4v) is 2.97. The molecule has 0 aliphatic heterocycles. The number of carbonyl (C=O) groups is 1. The van der Waals surface area contributed by atoms with Crippen molar-refractivity contribution >= 4 is 5.97 Å². The maximum atomic E-state index is 12.2. The molecule has 1 aliphatic carbocycles. The van der Waals surface area contributed by atoms with Crippen molar-refractivity contribution in [1.29, 1.82) is 0 Å². The Morgan fingerprint density at radius 2 is 1.76 bits per heavy atom. The lowest BCUT2D eigenvalue weighted by molar-refractivity contribution is -0.136. The first-order chi connectivity index (χ1) is 10.2. The van der Waals surface area contributed by atoms with E-state index in [1.807, 2.05) is 42.5 Å². The summed E-state index contributed by atoms with van der Waals surface area (Å²) in [6, 6.07) is 18.0. The van der Waals surface area contributed by atoms with E-state index in [-0.39, 0.29) is 11.9 Å². The minimum absolute atomic E-state index is 0.163. The normalized spacial score (nSPS) is 17.3. The van der Waals surface area contributed by atoms with E-state index in [2.05, 4.69) is 12.1 Å². The van der Waals surface area contributed by atoms with Crippen molar-refractivity contribution in [3.63, 3.8) is 0 Å². The molecule has 3 rings (SSSR count). The summed E-state index contributed by atoms with van der Waals surface area (Å²) in [5.41, 5.74) is 10.7. The predicted molar refractivity (Wildman–Crippen MR) is 81.7 cm³/mol. The number of hydrogen-bond acceptors (Lipinski definition) is 3. The number of nitrogens with two attached hydrogens (primary N) is 1. The Balaban J connectivity index is 2.21. The zero-order valence-corrected chi connectivity index (χ0v) is 11.9. The summed E-state index contributed by atoms with van der Waals surface area (Å²) in [5, 5.41) is 0. The largest absolute Gasteiger partial charge is 0.466 e. The number of allylic oxidation sites excluding steroid dienone is 1. The van der Waals surface area contributed by atoms with Gasteiger partial charge in [-0.15, -0.1) is 0 Å². The second-order valence-corrected chi connectivity index (χ2v) is 5.15. The van der Waals surface area contributed by atoms with Crippen LogP contribution in [-0.4, -0.2) is 13.1 Å². The molecule has 0 bridgehead atoms. The highest BCUT2D eigenvalue weighted by atomic mass is 16.5. The fraction of sp³-hybridized carbons (Fsp3) is 0.167. The number of fused-ring (bicyclic) bond motifs is 1. The van der Waals surface area contributed by atoms with Gasteiger partial charge in [-0.2, -0.15) is 0 Å². The van der Waals surface area contributed by atoms with E-state index in [0.29, 0.717) is 17.7 Å². The van der Waals surface area contributed by atoms with Gasteiger partial charge in [-0.3, -0.25) is 0 Å². The second-order valence-electron chi connectivity index (χ2n) is 5.15. The third-order valence-electron chi connectivity index (χ3n) is 3.92. The van der Waals surface area contributed by atoms with Crippen molar-refractivity contribution in [2.75, 3.05) is 7.11 Å². The van der Waals surface area contributed by atoms with Crippen molar-refractivity contribution in [3.8, 4) is 0 Å². The number of hydrogen-bond donors (Lipinski definition) is 1. The minimum Gasteiger partial charge on any atom is -0.466 e. The molecule has 0 spiro atoms. The van der Waals surface area contributed by atoms with Crippen LogP contribution in [0, 0.1) is 0 Å². The van der Waals surface area contributed by atoms with Crippen LogP contribution in [0.15, 0.2) is 65.9 Å². The number of ether oxygens (including phenoxy) is 1. The summed E-state index contributed by atoms with van der Waals surface area (Å²) in [4.78, 5) is 12.2. The highest BCUT2D eigenvalue weighted by Crippen LogP contribution is 2.39. The van der Waals surface area contributed by atoms with Crippen molar-refractivity contribution < 1.29 is 9.53 Å². The minimum atomic E-state index is -0.351. The molecule has 1 unspecified atom stereocenters. The van der Waals surface area contributed by atoms with E-state index >= 15 is 0 Å². The molecule has 0 saturated carbocycles. The van der Waals surface area contributed by atoms with Crippen LogP contribution in [0.2, 0.25) is 0 Å². The van der Waals surface area contributed by atoms with E-state index in [0.717, 1.165) is 16.7 Å². The average molecular weight is 279 g/mol. The third kappa shape index (κ3) is 2.31. The Morgan fingerprint density at radius 3 is 2.48 bits per heavy atom. The van der Waals surface area contributed by atoms with E-state index in [9.17, 15) is 4.79 Å². The SMILES string of the molecule is COC(=O)C1=C(N)Cc2ccccc2C1c1ccccc1. The molecule has 2 N–H and O–H groups in total. The van der Waals surface area contributed by atoms with Gasteiger partial charge < -0.3 is 10.5 Å². The van der Waals surface area contributed by atoms with Crippen LogP contribution in [0.5, 0.6) is 0 Å². The Bertz CT molecular complexity index is 704. The van der Waals surface area contributed by atoms with Crippen molar-refractivity contribution in [2.24, 2.45) is 5.73 Å². The monoisotopic (exact) mass is 279 g/mol. The molecule has 3 heteroatoms. The molecule has 1 atom stereocenters. The standard InChI is InChI=1S/C18H17NO2/c1-21-18(20)17-15(19)11-13-9-5-6-10-14(13)16(17)12-7-3-2-4-8-12/h2-10,16H,11,19H2,1H3. The van der Waals surface area contributed by atoms with Crippen LogP contribution in [0.1, 0.15) is 22.6 Å². The van der Waals surface area contributed by atoms with Gasteiger partial charge in [-0.25, -0.2) is 4.79 Å². The molecule has 0 fully saturated rings. The molecule has 106 valence electrons. The maximum Gasteiger partial charge on any atom is 0.336 e. The summed E-state index contributed by atoms with van der Waals surface area (Å²) < 4.78 is 4.95. The van der Waals surface area contributed by atoms with Gasteiger partial charge in [-0.05, 0) is 16.7 Å². The van der Waals surface area contributed by atoms with Gasteiger partial charge in [0.15, 0.2) is 0 Å². The van der Waals surface area contributed by atoms with Gasteiger partial charge in [0.05, 0.1) is 12.7 Å². The molecule has 21 heavy (non-hydrogen) atoms. The van der Waals surface area contributed by atoms with Crippen LogP contribution in [-0.2, 0) is 16.0 Å². The lowest BCUT2D eigenvalue weighted by Gasteiger charge is -2.28. The van der Waals surface area contributed by atoms with Crippen LogP contribution in [0.25, 0.3) is 0 Å². The van der Waals surface area contributed by atoms with E-state index in [1.165, 1.54) is 7.11 Å². The molecule has 0 heterocycles. The van der Waals surface area contributed by atoms with E-state index < -0.39 is 0 Å². The maximum absolute atomic E-state index is 12.2. The summed E-state index contributed by atoms with van der Waals surface area (Å²) in [6.07, 6.45) is 0.587. The number of carbonyl (C=O) groups excluding carboxylic acids is 1. The quantitative estimate of drug-likeness (QED) is 0.860. The third-order valence-corrected chi connectivity index (χ3v) is 3.92. The topological polar surface area (TPSA) is 52.3 Å². The lowest BCUT2D eigenvalue weighted by atomic mass is 9.76. The lowest BCUT2D eigenvalue weighted by Crippen LogP contribution is -2.25. The van der Waals surface area contributed by atoms with Gasteiger partial charge in [0.2, 0.25) is 0 Å². The van der Waals surface area contributed by atoms with Gasteiger partial charge >= 0.3 is 5.97 Å². The van der Waals surface area contributed by atoms with Crippen molar-refractivity contribution in [2.45, 2.75) is 12.3 Å². The number of rotatable bonds is 2. The first-order valence-corrected chi connectivity index (χ1v) is 6.92. The zero-order chi connectivity index (χ0) is 14.8. The molecule has 2 aromatic rings. The molecular formula is C18H17NO2.